The number of furan rings is 1. The first-order valence-electron chi connectivity index (χ1n) is 9.88. The third-order valence-electron chi connectivity index (χ3n) is 4.98. The van der Waals surface area contributed by atoms with Crippen LogP contribution in [0.2, 0.25) is 0 Å². The largest absolute Gasteiger partial charge is 0.467 e. The zero-order chi connectivity index (χ0) is 21.9. The molecule has 32 heavy (non-hydrogen) atoms. The Morgan fingerprint density at radius 3 is 2.84 bits per heavy atom. The maximum Gasteiger partial charge on any atom is 0.256 e. The van der Waals surface area contributed by atoms with Gasteiger partial charge in [0, 0.05) is 29.2 Å². The molecule has 0 bridgehead atoms. The first kappa shape index (κ1) is 19.3. The van der Waals surface area contributed by atoms with Gasteiger partial charge in [-0.2, -0.15) is 5.10 Å². The van der Waals surface area contributed by atoms with Crippen LogP contribution in [-0.2, 0) is 6.54 Å². The van der Waals surface area contributed by atoms with Crippen LogP contribution in [0.5, 0.6) is 0 Å². The maximum absolute atomic E-state index is 13.3. The smallest absolute Gasteiger partial charge is 0.256 e. The quantitative estimate of drug-likeness (QED) is 0.428. The molecule has 0 spiro atoms. The molecule has 0 saturated heterocycles. The molecule has 0 radical (unpaired) electrons. The lowest BCUT2D eigenvalue weighted by molar-refractivity contribution is 0.102. The second-order valence-corrected chi connectivity index (χ2v) is 7.09. The number of anilines is 1. The predicted molar refractivity (Wildman–Crippen MR) is 121 cm³/mol. The number of aromatic nitrogens is 4. The summed E-state index contributed by atoms with van der Waals surface area (Å²) in [6.07, 6.45) is 12.1. The number of carbonyl (C=O) groups is 1. The van der Waals surface area contributed by atoms with E-state index in [0.717, 1.165) is 11.3 Å². The van der Waals surface area contributed by atoms with E-state index in [0.29, 0.717) is 40.1 Å². The Hall–Kier alpha value is -4.70. The summed E-state index contributed by atoms with van der Waals surface area (Å²) in [4.78, 5) is 22.2. The molecule has 5 aromatic rings. The highest BCUT2D eigenvalue weighted by atomic mass is 16.3. The third kappa shape index (κ3) is 3.73. The summed E-state index contributed by atoms with van der Waals surface area (Å²) in [5, 5.41) is 8.01. The molecule has 1 aromatic carbocycles. The van der Waals surface area contributed by atoms with Crippen molar-refractivity contribution in [3.63, 3.8) is 0 Å². The Morgan fingerprint density at radius 2 is 2.06 bits per heavy atom. The van der Waals surface area contributed by atoms with Crippen LogP contribution in [0, 0.1) is 12.3 Å². The topological polar surface area (TPSA) is 85.8 Å². The lowest BCUT2D eigenvalue weighted by atomic mass is 10.1. The average Bonchev–Trinajstić information content (AvgIpc) is 3.49. The number of rotatable bonds is 5. The van der Waals surface area contributed by atoms with Crippen LogP contribution >= 0.6 is 0 Å². The number of carbonyl (C=O) groups excluding carboxylic acids is 1. The zero-order valence-corrected chi connectivity index (χ0v) is 16.9. The predicted octanol–water partition coefficient (Wildman–Crippen LogP) is 4.37. The van der Waals surface area contributed by atoms with Gasteiger partial charge in [0.05, 0.1) is 29.1 Å². The van der Waals surface area contributed by atoms with Gasteiger partial charge in [-0.1, -0.05) is 12.0 Å². The lowest BCUT2D eigenvalue weighted by Crippen LogP contribution is -2.13. The van der Waals surface area contributed by atoms with E-state index in [4.69, 9.17) is 15.8 Å². The molecule has 154 valence electrons. The van der Waals surface area contributed by atoms with E-state index in [1.54, 1.807) is 59.9 Å². The van der Waals surface area contributed by atoms with Crippen molar-refractivity contribution in [3.8, 4) is 23.6 Å². The molecule has 0 saturated carbocycles. The molecular weight excluding hydrogens is 402 g/mol. The van der Waals surface area contributed by atoms with Gasteiger partial charge in [-0.25, -0.2) is 9.67 Å². The van der Waals surface area contributed by atoms with E-state index in [9.17, 15) is 4.79 Å². The summed E-state index contributed by atoms with van der Waals surface area (Å²) in [7, 11) is 0. The Labute approximate surface area is 183 Å². The minimum absolute atomic E-state index is 0.283. The summed E-state index contributed by atoms with van der Waals surface area (Å²) >= 11 is 0. The van der Waals surface area contributed by atoms with Crippen molar-refractivity contribution in [2.45, 2.75) is 6.54 Å². The fraction of sp³-hybridized carbons (Fsp3) is 0.0400. The minimum atomic E-state index is -0.283. The Kier molecular flexibility index (Phi) is 4.94. The summed E-state index contributed by atoms with van der Waals surface area (Å²) in [5.74, 6) is 3.03. The van der Waals surface area contributed by atoms with Gasteiger partial charge in [0.2, 0.25) is 0 Å². The second kappa shape index (κ2) is 8.20. The molecule has 0 unspecified atom stereocenters. The van der Waals surface area contributed by atoms with Crippen LogP contribution in [0.4, 0.5) is 5.69 Å². The molecule has 0 aliphatic carbocycles. The first-order chi connectivity index (χ1) is 15.7. The molecule has 4 aromatic heterocycles. The van der Waals surface area contributed by atoms with Gasteiger partial charge in [-0.05, 0) is 48.5 Å². The number of benzene rings is 1. The molecule has 4 heterocycles. The number of fused-ring (bicyclic) bond motifs is 1. The number of hydrogen-bond acceptors (Lipinski definition) is 5. The number of amides is 1. The molecule has 0 aliphatic rings. The number of hydrogen-bond donors (Lipinski definition) is 1. The van der Waals surface area contributed by atoms with Crippen LogP contribution in [0.25, 0.3) is 22.3 Å². The summed E-state index contributed by atoms with van der Waals surface area (Å²) in [5.41, 5.74) is 3.74. The van der Waals surface area contributed by atoms with Crippen LogP contribution < -0.4 is 5.32 Å². The summed E-state index contributed by atoms with van der Waals surface area (Å²) < 4.78 is 7.17. The molecule has 0 aliphatic heterocycles. The van der Waals surface area contributed by atoms with Gasteiger partial charge < -0.3 is 9.73 Å². The Bertz CT molecular complexity index is 1450. The van der Waals surface area contributed by atoms with Crippen molar-refractivity contribution in [1.82, 2.24) is 19.7 Å². The number of terminal acetylenes is 1. The molecule has 0 atom stereocenters. The van der Waals surface area contributed by atoms with Crippen molar-refractivity contribution in [2.24, 2.45) is 0 Å². The molecular formula is C25H17N5O2. The van der Waals surface area contributed by atoms with Crippen molar-refractivity contribution in [2.75, 3.05) is 5.32 Å². The van der Waals surface area contributed by atoms with Crippen molar-refractivity contribution in [1.29, 1.82) is 0 Å². The average molecular weight is 419 g/mol. The van der Waals surface area contributed by atoms with Gasteiger partial charge in [0.1, 0.15) is 12.3 Å². The highest BCUT2D eigenvalue weighted by molar-refractivity contribution is 6.12. The van der Waals surface area contributed by atoms with Gasteiger partial charge >= 0.3 is 0 Å². The summed E-state index contributed by atoms with van der Waals surface area (Å²) in [6, 6.07) is 16.3. The fourth-order valence-electron chi connectivity index (χ4n) is 3.45. The monoisotopic (exact) mass is 419 g/mol. The van der Waals surface area contributed by atoms with E-state index >= 15 is 0 Å². The van der Waals surface area contributed by atoms with E-state index in [1.165, 1.54) is 0 Å². The van der Waals surface area contributed by atoms with Crippen LogP contribution in [0.15, 0.2) is 83.9 Å². The molecule has 5 rings (SSSR count). The molecule has 0 fully saturated rings. The van der Waals surface area contributed by atoms with Crippen LogP contribution in [0.3, 0.4) is 0 Å². The van der Waals surface area contributed by atoms with Crippen LogP contribution in [-0.4, -0.2) is 25.7 Å². The van der Waals surface area contributed by atoms with E-state index in [2.05, 4.69) is 21.3 Å². The summed E-state index contributed by atoms with van der Waals surface area (Å²) in [6.45, 7) is 0.394. The fourth-order valence-corrected chi connectivity index (χ4v) is 3.45. The van der Waals surface area contributed by atoms with E-state index < -0.39 is 0 Å². The highest BCUT2D eigenvalue weighted by Crippen LogP contribution is 2.26. The number of nitrogens with one attached hydrogen (secondary N) is 1. The highest BCUT2D eigenvalue weighted by Gasteiger charge is 2.18. The molecule has 1 amide bonds. The van der Waals surface area contributed by atoms with Gasteiger partial charge in [0.25, 0.3) is 5.91 Å². The Morgan fingerprint density at radius 1 is 1.12 bits per heavy atom. The van der Waals surface area contributed by atoms with Crippen molar-refractivity contribution >= 4 is 22.6 Å². The zero-order valence-electron chi connectivity index (χ0n) is 16.9. The maximum atomic E-state index is 13.3. The van der Waals surface area contributed by atoms with Crippen molar-refractivity contribution in [3.05, 3.63) is 96.3 Å². The van der Waals surface area contributed by atoms with E-state index in [1.807, 2.05) is 24.3 Å². The minimum Gasteiger partial charge on any atom is -0.467 e. The molecule has 7 nitrogen and oxygen atoms in total. The first-order valence-corrected chi connectivity index (χ1v) is 9.88. The molecule has 1 N–H and O–H groups in total. The SMILES string of the molecule is C#Cc1cccc(NC(=O)c2cc(-c3cccnc3)nc3c2cnn3Cc2ccco2)c1. The normalized spacial score (nSPS) is 10.7. The van der Waals surface area contributed by atoms with Crippen molar-refractivity contribution < 1.29 is 9.21 Å². The third-order valence-corrected chi connectivity index (χ3v) is 4.98. The van der Waals surface area contributed by atoms with Crippen LogP contribution in [0.1, 0.15) is 21.7 Å². The van der Waals surface area contributed by atoms with Gasteiger partial charge in [0.15, 0.2) is 5.65 Å². The van der Waals surface area contributed by atoms with E-state index in [-0.39, 0.29) is 5.91 Å². The van der Waals surface area contributed by atoms with Gasteiger partial charge in [-0.15, -0.1) is 6.42 Å². The van der Waals surface area contributed by atoms with Gasteiger partial charge in [-0.3, -0.25) is 9.78 Å². The standard InChI is InChI=1S/C25H17N5O2/c1-2-17-6-3-8-19(12-17)28-25(31)21-13-23(18-7-4-10-26-14-18)29-24-22(21)15-27-30(24)16-20-9-5-11-32-20/h1,3-15H,16H2,(H,28,31). The Balaban J connectivity index is 1.61. The second-order valence-electron chi connectivity index (χ2n) is 7.09. The lowest BCUT2D eigenvalue weighted by Gasteiger charge is -2.10. The molecule has 7 heteroatoms. The number of nitrogens with zero attached hydrogens (tertiary/aromatic N) is 4. The number of pyridine rings is 2.